The zero-order chi connectivity index (χ0) is 19.3. The Kier molecular flexibility index (Phi) is 6.34. The van der Waals surface area contributed by atoms with Crippen LogP contribution in [-0.2, 0) is 10.0 Å². The van der Waals surface area contributed by atoms with Gasteiger partial charge < -0.3 is 4.90 Å². The molecule has 0 aliphatic carbocycles. The van der Waals surface area contributed by atoms with E-state index in [1.807, 2.05) is 24.3 Å². The molecule has 2 aromatic carbocycles. The van der Waals surface area contributed by atoms with Gasteiger partial charge in [0.05, 0.1) is 15.5 Å². The minimum absolute atomic E-state index is 0.0531. The number of sulfonamides is 1. The summed E-state index contributed by atoms with van der Waals surface area (Å²) >= 11 is 5.86. The Morgan fingerprint density at radius 3 is 2.44 bits per heavy atom. The van der Waals surface area contributed by atoms with Gasteiger partial charge in [0.1, 0.15) is 6.07 Å². The van der Waals surface area contributed by atoms with Crippen LogP contribution < -0.4 is 9.62 Å². The van der Waals surface area contributed by atoms with Crippen LogP contribution in [0.25, 0.3) is 0 Å². The van der Waals surface area contributed by atoms with E-state index in [1.165, 1.54) is 23.9 Å². The van der Waals surface area contributed by atoms with Crippen molar-refractivity contribution < 1.29 is 8.42 Å². The normalized spacial score (nSPS) is 15.5. The Morgan fingerprint density at radius 1 is 1.07 bits per heavy atom. The summed E-state index contributed by atoms with van der Waals surface area (Å²) in [5, 5.41) is 9.24. The fourth-order valence-corrected chi connectivity index (χ4v) is 4.25. The number of nitriles is 1. The second kappa shape index (κ2) is 8.72. The summed E-state index contributed by atoms with van der Waals surface area (Å²) in [5.41, 5.74) is 1.37. The molecule has 1 fully saturated rings. The molecule has 0 atom stereocenters. The summed E-state index contributed by atoms with van der Waals surface area (Å²) in [4.78, 5) is 4.62. The topological polar surface area (TPSA) is 76.4 Å². The van der Waals surface area contributed by atoms with Crippen molar-refractivity contribution >= 4 is 27.3 Å². The van der Waals surface area contributed by atoms with Gasteiger partial charge in [0, 0.05) is 45.0 Å². The van der Waals surface area contributed by atoms with Crippen molar-refractivity contribution in [3.63, 3.8) is 0 Å². The highest BCUT2D eigenvalue weighted by Crippen LogP contribution is 2.19. The highest BCUT2D eigenvalue weighted by molar-refractivity contribution is 7.89. The maximum atomic E-state index is 12.4. The second-order valence-corrected chi connectivity index (χ2v) is 8.49. The molecule has 2 aromatic rings. The van der Waals surface area contributed by atoms with Crippen LogP contribution in [0.15, 0.2) is 53.4 Å². The van der Waals surface area contributed by atoms with Gasteiger partial charge in [-0.1, -0.05) is 29.8 Å². The molecule has 142 valence electrons. The first-order chi connectivity index (χ1) is 13.0. The Morgan fingerprint density at radius 2 is 1.78 bits per heavy atom. The first kappa shape index (κ1) is 19.6. The van der Waals surface area contributed by atoms with Crippen LogP contribution in [0.5, 0.6) is 0 Å². The number of halogens is 1. The highest BCUT2D eigenvalue weighted by Gasteiger charge is 2.19. The number of nitrogens with one attached hydrogen (secondary N) is 1. The number of piperazine rings is 1. The second-order valence-electron chi connectivity index (χ2n) is 6.32. The van der Waals surface area contributed by atoms with Crippen LogP contribution in [0.3, 0.4) is 0 Å². The molecule has 8 heteroatoms. The van der Waals surface area contributed by atoms with E-state index < -0.39 is 10.0 Å². The molecule has 0 spiro atoms. The average Bonchev–Trinajstić information content (AvgIpc) is 2.69. The van der Waals surface area contributed by atoms with E-state index >= 15 is 0 Å². The summed E-state index contributed by atoms with van der Waals surface area (Å²) in [6.45, 7) is 4.56. The van der Waals surface area contributed by atoms with Crippen molar-refractivity contribution in [3.8, 4) is 6.07 Å². The average molecular weight is 405 g/mol. The maximum Gasteiger partial charge on any atom is 0.240 e. The standard InChI is InChI=1S/C19H21ClN4O2S/c20-19-7-6-18(14-16(19)15-21)27(25,26)22-8-9-23-10-12-24(13-11-23)17-4-2-1-3-5-17/h1-7,14,22H,8-13H2. The third kappa shape index (κ3) is 4.99. The Bertz CT molecular complexity index is 920. The molecule has 0 radical (unpaired) electrons. The van der Waals surface area contributed by atoms with Crippen molar-refractivity contribution in [3.05, 3.63) is 59.1 Å². The molecule has 1 aliphatic rings. The largest absolute Gasteiger partial charge is 0.369 e. The number of para-hydroxylation sites is 1. The number of hydrogen-bond acceptors (Lipinski definition) is 5. The van der Waals surface area contributed by atoms with Crippen LogP contribution in [0.4, 0.5) is 5.69 Å². The lowest BCUT2D eigenvalue weighted by Gasteiger charge is -2.36. The van der Waals surface area contributed by atoms with E-state index in [-0.39, 0.29) is 15.5 Å². The molecule has 6 nitrogen and oxygen atoms in total. The molecule has 27 heavy (non-hydrogen) atoms. The molecule has 1 N–H and O–H groups in total. The highest BCUT2D eigenvalue weighted by atomic mass is 35.5. The quantitative estimate of drug-likeness (QED) is 0.799. The van der Waals surface area contributed by atoms with Crippen molar-refractivity contribution in [2.75, 3.05) is 44.2 Å². The summed E-state index contributed by atoms with van der Waals surface area (Å²) in [7, 11) is -3.66. The van der Waals surface area contributed by atoms with Gasteiger partial charge in [0.2, 0.25) is 10.0 Å². The molecule has 0 aromatic heterocycles. The minimum Gasteiger partial charge on any atom is -0.369 e. The lowest BCUT2D eigenvalue weighted by molar-refractivity contribution is 0.262. The van der Waals surface area contributed by atoms with E-state index in [0.717, 1.165) is 26.2 Å². The van der Waals surface area contributed by atoms with Gasteiger partial charge in [-0.25, -0.2) is 13.1 Å². The molecular formula is C19H21ClN4O2S. The first-order valence-corrected chi connectivity index (χ1v) is 10.6. The predicted molar refractivity (Wildman–Crippen MR) is 106 cm³/mol. The fraction of sp³-hybridized carbons (Fsp3) is 0.316. The molecule has 0 unspecified atom stereocenters. The van der Waals surface area contributed by atoms with Gasteiger partial charge >= 0.3 is 0 Å². The van der Waals surface area contributed by atoms with Crippen LogP contribution in [0.1, 0.15) is 5.56 Å². The van der Waals surface area contributed by atoms with Gasteiger partial charge in [-0.2, -0.15) is 5.26 Å². The molecule has 1 heterocycles. The fourth-order valence-electron chi connectivity index (χ4n) is 3.05. The summed E-state index contributed by atoms with van der Waals surface area (Å²) in [5.74, 6) is 0. The number of anilines is 1. The Balaban J connectivity index is 1.49. The first-order valence-electron chi connectivity index (χ1n) is 8.71. The van der Waals surface area contributed by atoms with Crippen LogP contribution in [0, 0.1) is 11.3 Å². The van der Waals surface area contributed by atoms with Gasteiger partial charge in [-0.05, 0) is 30.3 Å². The Labute approximate surface area is 165 Å². The van der Waals surface area contributed by atoms with Gasteiger partial charge in [0.15, 0.2) is 0 Å². The van der Waals surface area contributed by atoms with Crippen molar-refractivity contribution in [2.24, 2.45) is 0 Å². The predicted octanol–water partition coefficient (Wildman–Crippen LogP) is 2.31. The SMILES string of the molecule is N#Cc1cc(S(=O)(=O)NCCN2CCN(c3ccccc3)CC2)ccc1Cl. The smallest absolute Gasteiger partial charge is 0.240 e. The van der Waals surface area contributed by atoms with Crippen LogP contribution in [-0.4, -0.2) is 52.6 Å². The third-order valence-electron chi connectivity index (χ3n) is 4.58. The molecule has 0 bridgehead atoms. The van der Waals surface area contributed by atoms with E-state index in [1.54, 1.807) is 0 Å². The zero-order valence-corrected chi connectivity index (χ0v) is 16.4. The maximum absolute atomic E-state index is 12.4. The molecular weight excluding hydrogens is 384 g/mol. The lowest BCUT2D eigenvalue weighted by atomic mass is 10.2. The van der Waals surface area contributed by atoms with Crippen molar-refractivity contribution in [1.29, 1.82) is 5.26 Å². The number of benzene rings is 2. The Hall–Kier alpha value is -2.11. The number of rotatable bonds is 6. The van der Waals surface area contributed by atoms with Gasteiger partial charge in [-0.3, -0.25) is 4.90 Å². The van der Waals surface area contributed by atoms with Crippen LogP contribution >= 0.6 is 11.6 Å². The third-order valence-corrected chi connectivity index (χ3v) is 6.37. The van der Waals surface area contributed by atoms with E-state index in [2.05, 4.69) is 26.7 Å². The zero-order valence-electron chi connectivity index (χ0n) is 14.8. The van der Waals surface area contributed by atoms with Crippen molar-refractivity contribution in [2.45, 2.75) is 4.90 Å². The minimum atomic E-state index is -3.66. The molecule has 3 rings (SSSR count). The van der Waals surface area contributed by atoms with Gasteiger partial charge in [-0.15, -0.1) is 0 Å². The molecule has 1 aliphatic heterocycles. The number of nitrogens with zero attached hydrogens (tertiary/aromatic N) is 3. The monoisotopic (exact) mass is 404 g/mol. The number of hydrogen-bond donors (Lipinski definition) is 1. The van der Waals surface area contributed by atoms with Gasteiger partial charge in [0.25, 0.3) is 0 Å². The summed E-state index contributed by atoms with van der Waals surface area (Å²) in [6.07, 6.45) is 0. The van der Waals surface area contributed by atoms with Crippen LogP contribution in [0.2, 0.25) is 5.02 Å². The summed E-state index contributed by atoms with van der Waals surface area (Å²) < 4.78 is 27.4. The molecule has 0 amide bonds. The lowest BCUT2D eigenvalue weighted by Crippen LogP contribution is -2.48. The molecule has 1 saturated heterocycles. The van der Waals surface area contributed by atoms with E-state index in [9.17, 15) is 8.42 Å². The summed E-state index contributed by atoms with van der Waals surface area (Å²) in [6, 6.07) is 16.3. The molecule has 0 saturated carbocycles. The van der Waals surface area contributed by atoms with Crippen molar-refractivity contribution in [1.82, 2.24) is 9.62 Å². The van der Waals surface area contributed by atoms with E-state index in [4.69, 9.17) is 16.9 Å². The van der Waals surface area contributed by atoms with E-state index in [0.29, 0.717) is 13.1 Å².